The summed E-state index contributed by atoms with van der Waals surface area (Å²) in [6, 6.07) is 47.6. The van der Waals surface area contributed by atoms with Crippen molar-refractivity contribution in [2.75, 3.05) is 11.6 Å². The molecule has 1 fully saturated rings. The summed E-state index contributed by atoms with van der Waals surface area (Å²) in [5.41, 5.74) is 1.12. The zero-order valence-corrected chi connectivity index (χ0v) is 21.9. The molecule has 0 bridgehead atoms. The van der Waals surface area contributed by atoms with Gasteiger partial charge in [0.2, 0.25) is 0 Å². The van der Waals surface area contributed by atoms with Gasteiger partial charge in [0.05, 0.1) is 0 Å². The fourth-order valence-electron chi connectivity index (χ4n) is 5.52. The van der Waals surface area contributed by atoms with Crippen molar-refractivity contribution in [2.24, 2.45) is 0 Å². The topological polar surface area (TPSA) is 12.5 Å². The standard InChI is InChI=1S/C31H27BrNOP/c32-35(26-15-4-1-5-16-26,27-17-6-2-7-18-27,28-19-8-3-9-20-28)31-23-24-33(34-31)30-22-12-14-25-13-10-11-21-29(25)30/h1-22,31H,23-24H2. The quantitative estimate of drug-likeness (QED) is 0.220. The molecule has 0 aliphatic carbocycles. The molecule has 6 rings (SSSR count). The first-order chi connectivity index (χ1) is 17.2. The molecule has 1 saturated heterocycles. The van der Waals surface area contributed by atoms with Crippen LogP contribution in [0.25, 0.3) is 10.8 Å². The van der Waals surface area contributed by atoms with Crippen molar-refractivity contribution >= 4 is 53.2 Å². The van der Waals surface area contributed by atoms with Crippen LogP contribution in [0.3, 0.4) is 0 Å². The second-order valence-corrected chi connectivity index (χ2v) is 17.7. The Morgan fingerprint density at radius 1 is 0.600 bits per heavy atom. The van der Waals surface area contributed by atoms with E-state index in [0.717, 1.165) is 18.7 Å². The molecule has 1 aliphatic rings. The van der Waals surface area contributed by atoms with Gasteiger partial charge in [0.1, 0.15) is 0 Å². The number of rotatable bonds is 5. The number of fused-ring (bicyclic) bond motifs is 1. The summed E-state index contributed by atoms with van der Waals surface area (Å²) in [4.78, 5) is 7.03. The van der Waals surface area contributed by atoms with E-state index < -0.39 is 5.31 Å². The molecule has 0 saturated carbocycles. The van der Waals surface area contributed by atoms with Crippen molar-refractivity contribution in [3.8, 4) is 0 Å². The van der Waals surface area contributed by atoms with E-state index in [0.29, 0.717) is 0 Å². The zero-order chi connectivity index (χ0) is 23.7. The molecular weight excluding hydrogens is 513 g/mol. The molecule has 0 spiro atoms. The van der Waals surface area contributed by atoms with Crippen LogP contribution in [0.1, 0.15) is 6.42 Å². The number of hydrogen-bond donors (Lipinski definition) is 0. The molecule has 5 aromatic carbocycles. The Morgan fingerprint density at radius 2 is 1.09 bits per heavy atom. The van der Waals surface area contributed by atoms with Gasteiger partial charge in [-0.15, -0.1) is 0 Å². The van der Waals surface area contributed by atoms with Crippen LogP contribution >= 0.6 is 20.8 Å². The Hall–Kier alpha value is -2.97. The van der Waals surface area contributed by atoms with Gasteiger partial charge in [-0.1, -0.05) is 0 Å². The monoisotopic (exact) mass is 539 g/mol. The average molecular weight is 540 g/mol. The molecule has 0 radical (unpaired) electrons. The van der Waals surface area contributed by atoms with Crippen LogP contribution in [0.2, 0.25) is 0 Å². The molecule has 1 atom stereocenters. The zero-order valence-electron chi connectivity index (χ0n) is 19.4. The Kier molecular flexibility index (Phi) is 5.73. The van der Waals surface area contributed by atoms with Gasteiger partial charge in [0.25, 0.3) is 0 Å². The number of nitrogens with zero attached hydrogens (tertiary/aromatic N) is 1. The summed E-state index contributed by atoms with van der Waals surface area (Å²) < 4.78 is 0. The van der Waals surface area contributed by atoms with Gasteiger partial charge in [-0.05, 0) is 0 Å². The molecule has 1 aliphatic heterocycles. The third-order valence-corrected chi connectivity index (χ3v) is 17.6. The van der Waals surface area contributed by atoms with Crippen LogP contribution in [0, 0.1) is 0 Å². The summed E-state index contributed by atoms with van der Waals surface area (Å²) in [7, 11) is 0. The second-order valence-electron chi connectivity index (χ2n) is 9.03. The number of anilines is 1. The Bertz CT molecular complexity index is 1350. The van der Waals surface area contributed by atoms with E-state index in [4.69, 9.17) is 4.84 Å². The molecule has 0 aromatic heterocycles. The minimum atomic E-state index is -3.21. The maximum absolute atomic E-state index is 7.03. The third-order valence-electron chi connectivity index (χ3n) is 7.19. The molecule has 0 N–H and O–H groups in total. The van der Waals surface area contributed by atoms with E-state index in [1.165, 1.54) is 26.7 Å². The summed E-state index contributed by atoms with van der Waals surface area (Å²) in [6.07, 6.45) is 0.908. The van der Waals surface area contributed by atoms with Gasteiger partial charge in [0, 0.05) is 0 Å². The predicted octanol–water partition coefficient (Wildman–Crippen LogP) is 7.15. The van der Waals surface area contributed by atoms with Gasteiger partial charge < -0.3 is 0 Å². The first-order valence-corrected chi connectivity index (χ1v) is 16.3. The van der Waals surface area contributed by atoms with Crippen LogP contribution in [0.15, 0.2) is 133 Å². The first kappa shape index (κ1) is 22.5. The van der Waals surface area contributed by atoms with E-state index in [1.807, 2.05) is 0 Å². The summed E-state index contributed by atoms with van der Waals surface area (Å²) >= 11 is 4.57. The fraction of sp³-hybridized carbons (Fsp3) is 0.0968. The molecule has 35 heavy (non-hydrogen) atoms. The van der Waals surface area contributed by atoms with E-state index in [1.54, 1.807) is 0 Å². The SMILES string of the molecule is BrP(c1ccccc1)(c1ccccc1)(c1ccccc1)C1CCN(c2cccc3ccccc23)O1. The molecule has 0 amide bonds. The molecule has 5 aromatic rings. The fourth-order valence-corrected chi connectivity index (χ4v) is 13.5. The second kappa shape index (κ2) is 8.91. The molecule has 174 valence electrons. The number of hydroxylamine groups is 1. The van der Waals surface area contributed by atoms with Crippen molar-refractivity contribution in [1.82, 2.24) is 0 Å². The van der Waals surface area contributed by atoms with Gasteiger partial charge >= 0.3 is 215 Å². The van der Waals surface area contributed by atoms with Crippen LogP contribution in [0.4, 0.5) is 5.69 Å². The molecule has 4 heteroatoms. The average Bonchev–Trinajstić information content (AvgIpc) is 3.45. The van der Waals surface area contributed by atoms with Gasteiger partial charge in [0.15, 0.2) is 0 Å². The van der Waals surface area contributed by atoms with E-state index in [2.05, 4.69) is 154 Å². The Morgan fingerprint density at radius 3 is 1.66 bits per heavy atom. The third kappa shape index (κ3) is 3.45. The maximum atomic E-state index is 7.03. The van der Waals surface area contributed by atoms with Crippen LogP contribution in [0.5, 0.6) is 0 Å². The van der Waals surface area contributed by atoms with Crippen LogP contribution < -0.4 is 21.0 Å². The van der Waals surface area contributed by atoms with E-state index >= 15 is 0 Å². The summed E-state index contributed by atoms with van der Waals surface area (Å²) in [5.74, 6) is -0.0628. The summed E-state index contributed by atoms with van der Waals surface area (Å²) in [5, 5.41) is 5.18. The Balaban J connectivity index is 1.57. The molecule has 1 heterocycles. The number of benzene rings is 5. The van der Waals surface area contributed by atoms with Crippen molar-refractivity contribution in [3.63, 3.8) is 0 Å². The van der Waals surface area contributed by atoms with Gasteiger partial charge in [-0.2, -0.15) is 0 Å². The van der Waals surface area contributed by atoms with Crippen molar-refractivity contribution in [3.05, 3.63) is 133 Å². The van der Waals surface area contributed by atoms with E-state index in [-0.39, 0.29) is 5.85 Å². The van der Waals surface area contributed by atoms with E-state index in [9.17, 15) is 0 Å². The normalized spacial score (nSPS) is 17.2. The number of halogens is 1. The molecule has 2 nitrogen and oxygen atoms in total. The van der Waals surface area contributed by atoms with Gasteiger partial charge in [-0.3, -0.25) is 0 Å². The first-order valence-electron chi connectivity index (χ1n) is 12.0. The van der Waals surface area contributed by atoms with Crippen molar-refractivity contribution in [1.29, 1.82) is 0 Å². The van der Waals surface area contributed by atoms with Crippen molar-refractivity contribution in [2.45, 2.75) is 12.3 Å². The minimum absolute atomic E-state index is 0.0628. The number of hydrogen-bond acceptors (Lipinski definition) is 2. The van der Waals surface area contributed by atoms with Crippen molar-refractivity contribution < 1.29 is 4.84 Å². The summed E-state index contributed by atoms with van der Waals surface area (Å²) in [6.45, 7) is 0.828. The Labute approximate surface area is 214 Å². The van der Waals surface area contributed by atoms with Gasteiger partial charge in [-0.25, -0.2) is 0 Å². The molecule has 1 unspecified atom stereocenters. The van der Waals surface area contributed by atoms with Crippen LogP contribution in [-0.4, -0.2) is 12.4 Å². The predicted molar refractivity (Wildman–Crippen MR) is 155 cm³/mol. The van der Waals surface area contributed by atoms with Crippen LogP contribution in [-0.2, 0) is 4.84 Å². The molecular formula is C31H27BrNOP.